The molecule has 0 aliphatic carbocycles. The van der Waals surface area contributed by atoms with Crippen LogP contribution in [0.1, 0.15) is 30.9 Å². The zero-order valence-corrected chi connectivity index (χ0v) is 17.6. The van der Waals surface area contributed by atoms with E-state index < -0.39 is 0 Å². The van der Waals surface area contributed by atoms with Crippen LogP contribution in [0.4, 0.5) is 0 Å². The summed E-state index contributed by atoms with van der Waals surface area (Å²) >= 11 is 0. The van der Waals surface area contributed by atoms with Crippen LogP contribution in [0.5, 0.6) is 0 Å². The number of rotatable bonds is 4. The van der Waals surface area contributed by atoms with Gasteiger partial charge in [0.1, 0.15) is 11.6 Å². The third kappa shape index (κ3) is 5.04. The third-order valence-electron chi connectivity index (χ3n) is 4.94. The maximum atomic E-state index is 5.77. The number of methoxy groups -OCH3 is 1. The minimum absolute atomic E-state index is 0. The molecule has 0 saturated carbocycles. The van der Waals surface area contributed by atoms with Gasteiger partial charge in [0.05, 0.1) is 12.1 Å². The van der Waals surface area contributed by atoms with Gasteiger partial charge in [-0.1, -0.05) is 0 Å². The minimum atomic E-state index is -0.168. The van der Waals surface area contributed by atoms with E-state index in [9.17, 15) is 0 Å². The molecule has 0 radical (unpaired) electrons. The Morgan fingerprint density at radius 3 is 2.88 bits per heavy atom. The number of aliphatic imine (C=N–C) groups is 1. The van der Waals surface area contributed by atoms with Crippen molar-refractivity contribution >= 4 is 29.9 Å². The monoisotopic (exact) mass is 464 g/mol. The van der Waals surface area contributed by atoms with Gasteiger partial charge in [-0.3, -0.25) is 4.99 Å². The largest absolute Gasteiger partial charge is 0.381 e. The maximum Gasteiger partial charge on any atom is 0.191 e. The molecule has 2 N–H and O–H groups in total. The van der Waals surface area contributed by atoms with Crippen molar-refractivity contribution < 1.29 is 9.47 Å². The van der Waals surface area contributed by atoms with Crippen LogP contribution in [-0.2, 0) is 22.4 Å². The summed E-state index contributed by atoms with van der Waals surface area (Å²) in [5, 5.41) is 11.4. The first-order chi connectivity index (χ1) is 11.6. The van der Waals surface area contributed by atoms with Gasteiger partial charge < -0.3 is 20.1 Å². The van der Waals surface area contributed by atoms with Gasteiger partial charge in [0.15, 0.2) is 5.96 Å². The first kappa shape index (κ1) is 20.4. The van der Waals surface area contributed by atoms with E-state index in [4.69, 9.17) is 9.47 Å². The molecule has 0 bridgehead atoms. The molecule has 0 amide bonds. The molecular weight excluding hydrogens is 435 g/mol. The van der Waals surface area contributed by atoms with Crippen LogP contribution in [0.3, 0.4) is 0 Å². The van der Waals surface area contributed by atoms with Crippen molar-refractivity contribution in [3.63, 3.8) is 0 Å². The van der Waals surface area contributed by atoms with Gasteiger partial charge in [0, 0.05) is 59.2 Å². The lowest BCUT2D eigenvalue weighted by molar-refractivity contribution is -0.0855. The van der Waals surface area contributed by atoms with E-state index in [-0.39, 0.29) is 29.6 Å². The summed E-state index contributed by atoms with van der Waals surface area (Å²) in [4.78, 5) is 8.81. The van der Waals surface area contributed by atoms with E-state index in [1.807, 2.05) is 11.6 Å². The van der Waals surface area contributed by atoms with Crippen LogP contribution in [0, 0.1) is 6.92 Å². The fourth-order valence-electron chi connectivity index (χ4n) is 3.38. The number of fused-ring (bicyclic) bond motifs is 1. The Balaban J connectivity index is 0.00000225. The zero-order chi connectivity index (χ0) is 17.0. The lowest BCUT2D eigenvalue weighted by Gasteiger charge is -2.36. The topological polar surface area (TPSA) is 85.6 Å². The third-order valence-corrected chi connectivity index (χ3v) is 4.94. The Kier molecular flexibility index (Phi) is 7.44. The average Bonchev–Trinajstić information content (AvgIpc) is 2.98. The van der Waals surface area contributed by atoms with E-state index in [1.165, 1.54) is 0 Å². The molecule has 1 aromatic rings. The standard InChI is InChI=1S/C16H28N6O2.HI/c1-12-19-14-5-4-13(10-22(14)21-12)20-15(17-2)18-11-16(23-3)6-8-24-9-7-16;/h13H,4-11H2,1-3H3,(H2,17,18,20);1H. The number of nitrogens with one attached hydrogen (secondary N) is 2. The number of hydrogen-bond donors (Lipinski definition) is 2. The highest BCUT2D eigenvalue weighted by atomic mass is 127. The molecule has 1 fully saturated rings. The molecule has 0 aromatic carbocycles. The van der Waals surface area contributed by atoms with Crippen LogP contribution in [0.2, 0.25) is 0 Å². The summed E-state index contributed by atoms with van der Waals surface area (Å²) in [6.07, 6.45) is 3.77. The highest BCUT2D eigenvalue weighted by Crippen LogP contribution is 2.23. The summed E-state index contributed by atoms with van der Waals surface area (Å²) in [5.74, 6) is 2.73. The van der Waals surface area contributed by atoms with Crippen LogP contribution < -0.4 is 10.6 Å². The Morgan fingerprint density at radius 1 is 1.44 bits per heavy atom. The number of aromatic nitrogens is 3. The summed E-state index contributed by atoms with van der Waals surface area (Å²) in [7, 11) is 3.57. The fraction of sp³-hybridized carbons (Fsp3) is 0.812. The van der Waals surface area contributed by atoms with Crippen molar-refractivity contribution in [2.75, 3.05) is 33.9 Å². The van der Waals surface area contributed by atoms with E-state index in [2.05, 4.69) is 25.7 Å². The van der Waals surface area contributed by atoms with Crippen molar-refractivity contribution in [3.05, 3.63) is 11.6 Å². The second-order valence-corrected chi connectivity index (χ2v) is 6.56. The Bertz CT molecular complexity index is 585. The molecular formula is C16H29IN6O2. The predicted molar refractivity (Wildman–Crippen MR) is 107 cm³/mol. The van der Waals surface area contributed by atoms with Gasteiger partial charge >= 0.3 is 0 Å². The van der Waals surface area contributed by atoms with E-state index in [0.717, 1.165) is 69.6 Å². The second-order valence-electron chi connectivity index (χ2n) is 6.56. The number of guanidine groups is 1. The molecule has 1 unspecified atom stereocenters. The molecule has 3 rings (SSSR count). The van der Waals surface area contributed by atoms with Crippen molar-refractivity contribution in [2.24, 2.45) is 4.99 Å². The molecule has 1 atom stereocenters. The van der Waals surface area contributed by atoms with Crippen molar-refractivity contribution in [3.8, 4) is 0 Å². The average molecular weight is 464 g/mol. The smallest absolute Gasteiger partial charge is 0.191 e. The van der Waals surface area contributed by atoms with Gasteiger partial charge in [-0.2, -0.15) is 5.10 Å². The normalized spacial score (nSPS) is 22.7. The van der Waals surface area contributed by atoms with E-state index >= 15 is 0 Å². The molecule has 2 aliphatic heterocycles. The highest BCUT2D eigenvalue weighted by molar-refractivity contribution is 14.0. The quantitative estimate of drug-likeness (QED) is 0.391. The summed E-state index contributed by atoms with van der Waals surface area (Å²) < 4.78 is 13.2. The Hall–Kier alpha value is -0.940. The molecule has 0 spiro atoms. The molecule has 1 aromatic heterocycles. The molecule has 8 nitrogen and oxygen atoms in total. The van der Waals surface area contributed by atoms with Crippen LogP contribution in [0.15, 0.2) is 4.99 Å². The van der Waals surface area contributed by atoms with Crippen molar-refractivity contribution in [1.29, 1.82) is 0 Å². The molecule has 25 heavy (non-hydrogen) atoms. The Labute approximate surface area is 166 Å². The molecule has 142 valence electrons. The Morgan fingerprint density at radius 2 is 2.20 bits per heavy atom. The highest BCUT2D eigenvalue weighted by Gasteiger charge is 2.32. The van der Waals surface area contributed by atoms with Gasteiger partial charge in [-0.15, -0.1) is 24.0 Å². The molecule has 2 aliphatic rings. The predicted octanol–water partition coefficient (Wildman–Crippen LogP) is 0.880. The number of halogens is 1. The van der Waals surface area contributed by atoms with Crippen molar-refractivity contribution in [2.45, 2.75) is 50.8 Å². The fourth-order valence-corrected chi connectivity index (χ4v) is 3.38. The first-order valence-corrected chi connectivity index (χ1v) is 8.64. The van der Waals surface area contributed by atoms with Crippen LogP contribution in [0.25, 0.3) is 0 Å². The summed E-state index contributed by atoms with van der Waals surface area (Å²) in [6, 6.07) is 0.304. The number of nitrogens with zero attached hydrogens (tertiary/aromatic N) is 4. The number of hydrogen-bond acceptors (Lipinski definition) is 5. The van der Waals surface area contributed by atoms with Gasteiger partial charge in [-0.25, -0.2) is 9.67 Å². The van der Waals surface area contributed by atoms with Crippen molar-refractivity contribution in [1.82, 2.24) is 25.4 Å². The second kappa shape index (κ2) is 9.13. The number of ether oxygens (including phenoxy) is 2. The van der Waals surface area contributed by atoms with Gasteiger partial charge in [-0.05, 0) is 13.3 Å². The lowest BCUT2D eigenvalue weighted by Crippen LogP contribution is -2.53. The maximum absolute atomic E-state index is 5.77. The molecule has 1 saturated heterocycles. The van der Waals surface area contributed by atoms with Crippen LogP contribution >= 0.6 is 24.0 Å². The first-order valence-electron chi connectivity index (χ1n) is 8.64. The van der Waals surface area contributed by atoms with Crippen LogP contribution in [-0.4, -0.2) is 66.3 Å². The minimum Gasteiger partial charge on any atom is -0.381 e. The number of aryl methyl sites for hydroxylation is 2. The molecule has 3 heterocycles. The van der Waals surface area contributed by atoms with Gasteiger partial charge in [0.25, 0.3) is 0 Å². The lowest BCUT2D eigenvalue weighted by atomic mass is 9.94. The van der Waals surface area contributed by atoms with E-state index in [1.54, 1.807) is 14.2 Å². The SMILES string of the molecule is CN=C(NCC1(OC)CCOCC1)NC1CCc2nc(C)nn2C1.I. The summed E-state index contributed by atoms with van der Waals surface area (Å²) in [6.45, 7) is 4.98. The summed E-state index contributed by atoms with van der Waals surface area (Å²) in [5.41, 5.74) is -0.168. The van der Waals surface area contributed by atoms with Gasteiger partial charge in [0.2, 0.25) is 0 Å². The zero-order valence-electron chi connectivity index (χ0n) is 15.2. The van der Waals surface area contributed by atoms with E-state index in [0.29, 0.717) is 6.04 Å². The molecule has 9 heteroatoms.